The number of fused-ring (bicyclic) bond motifs is 3. The first-order valence-corrected chi connectivity index (χ1v) is 8.56. The molecule has 118 valence electrons. The third kappa shape index (κ3) is 2.25. The lowest BCUT2D eigenvalue weighted by Crippen LogP contribution is -1.93. The topological polar surface area (TPSA) is 4.93 Å². The molecule has 5 rings (SSSR count). The normalized spacial score (nSPS) is 11.2. The van der Waals surface area contributed by atoms with Crippen molar-refractivity contribution in [2.45, 2.75) is 0 Å². The molecule has 0 N–H and O–H groups in total. The molecule has 0 fully saturated rings. The predicted octanol–water partition coefficient (Wildman–Crippen LogP) is 6.45. The van der Waals surface area contributed by atoms with Gasteiger partial charge in [-0.3, -0.25) is 0 Å². The number of nitrogens with zero attached hydrogens (tertiary/aromatic N) is 1. The number of para-hydroxylation sites is 2. The van der Waals surface area contributed by atoms with Crippen LogP contribution in [0.4, 0.5) is 0 Å². The minimum Gasteiger partial charge on any atom is -0.309 e. The minimum absolute atomic E-state index is 1.19. The van der Waals surface area contributed by atoms with Crippen LogP contribution in [0.15, 0.2) is 103 Å². The first-order valence-electron chi connectivity index (χ1n) is 8.56. The van der Waals surface area contributed by atoms with Crippen molar-refractivity contribution in [1.82, 2.24) is 4.57 Å². The highest BCUT2D eigenvalue weighted by molar-refractivity contribution is 6.10. The number of hydrogen-bond donors (Lipinski definition) is 0. The summed E-state index contributed by atoms with van der Waals surface area (Å²) in [5, 5.41) is 2.58. The summed E-state index contributed by atoms with van der Waals surface area (Å²) >= 11 is 0. The molecular formula is C24H17N. The highest BCUT2D eigenvalue weighted by atomic mass is 15.0. The van der Waals surface area contributed by atoms with Crippen molar-refractivity contribution in [2.24, 2.45) is 0 Å². The van der Waals surface area contributed by atoms with E-state index in [2.05, 4.69) is 108 Å². The average molecular weight is 319 g/mol. The van der Waals surface area contributed by atoms with Crippen LogP contribution in [0.3, 0.4) is 0 Å². The third-order valence-electron chi connectivity index (χ3n) is 4.80. The molecule has 0 saturated heterocycles. The minimum atomic E-state index is 1.19. The van der Waals surface area contributed by atoms with Crippen molar-refractivity contribution >= 4 is 21.8 Å². The van der Waals surface area contributed by atoms with Gasteiger partial charge in [0.1, 0.15) is 0 Å². The molecular weight excluding hydrogens is 302 g/mol. The fourth-order valence-electron chi connectivity index (χ4n) is 3.64. The first-order chi connectivity index (χ1) is 12.4. The Morgan fingerprint density at radius 1 is 0.440 bits per heavy atom. The van der Waals surface area contributed by atoms with E-state index in [1.807, 2.05) is 0 Å². The van der Waals surface area contributed by atoms with Gasteiger partial charge < -0.3 is 4.57 Å². The van der Waals surface area contributed by atoms with Crippen LogP contribution < -0.4 is 0 Å². The van der Waals surface area contributed by atoms with Crippen LogP contribution in [-0.2, 0) is 0 Å². The molecule has 0 aliphatic rings. The highest BCUT2D eigenvalue weighted by Gasteiger charge is 2.12. The molecule has 0 amide bonds. The van der Waals surface area contributed by atoms with E-state index in [1.165, 1.54) is 38.6 Å². The van der Waals surface area contributed by atoms with Crippen molar-refractivity contribution in [3.05, 3.63) is 103 Å². The van der Waals surface area contributed by atoms with Crippen LogP contribution in [-0.4, -0.2) is 4.57 Å². The molecule has 0 radical (unpaired) electrons. The lowest BCUT2D eigenvalue weighted by molar-refractivity contribution is 1.18. The second-order valence-electron chi connectivity index (χ2n) is 6.29. The quantitative estimate of drug-likeness (QED) is 0.352. The van der Waals surface area contributed by atoms with Crippen LogP contribution in [0.2, 0.25) is 0 Å². The smallest absolute Gasteiger partial charge is 0.0547 e. The number of hydrogen-bond acceptors (Lipinski definition) is 0. The molecule has 0 atom stereocenters. The second kappa shape index (κ2) is 5.64. The molecule has 0 unspecified atom stereocenters. The summed E-state index contributed by atoms with van der Waals surface area (Å²) in [6, 6.07) is 36.6. The monoisotopic (exact) mass is 319 g/mol. The van der Waals surface area contributed by atoms with Crippen molar-refractivity contribution in [3.8, 4) is 16.8 Å². The van der Waals surface area contributed by atoms with E-state index in [-0.39, 0.29) is 0 Å². The molecule has 4 aromatic carbocycles. The van der Waals surface area contributed by atoms with Gasteiger partial charge in [0.05, 0.1) is 11.0 Å². The summed E-state index contributed by atoms with van der Waals surface area (Å²) in [7, 11) is 0. The lowest BCUT2D eigenvalue weighted by Gasteiger charge is -2.08. The lowest BCUT2D eigenvalue weighted by atomic mass is 10.0. The van der Waals surface area contributed by atoms with E-state index in [0.29, 0.717) is 0 Å². The Balaban J connectivity index is 1.88. The molecule has 1 heteroatoms. The largest absolute Gasteiger partial charge is 0.309 e. The zero-order chi connectivity index (χ0) is 16.6. The van der Waals surface area contributed by atoms with Crippen molar-refractivity contribution in [1.29, 1.82) is 0 Å². The molecule has 0 bridgehead atoms. The van der Waals surface area contributed by atoms with Gasteiger partial charge in [0.2, 0.25) is 0 Å². The Bertz CT molecular complexity index is 1170. The van der Waals surface area contributed by atoms with Crippen LogP contribution in [0.1, 0.15) is 0 Å². The van der Waals surface area contributed by atoms with Gasteiger partial charge >= 0.3 is 0 Å². The van der Waals surface area contributed by atoms with Crippen LogP contribution in [0, 0.1) is 0 Å². The number of aromatic nitrogens is 1. The molecule has 0 saturated carbocycles. The van der Waals surface area contributed by atoms with Gasteiger partial charge in [-0.2, -0.15) is 0 Å². The summed E-state index contributed by atoms with van der Waals surface area (Å²) in [5.74, 6) is 0. The summed E-state index contributed by atoms with van der Waals surface area (Å²) in [5.41, 5.74) is 6.17. The van der Waals surface area contributed by atoms with Crippen molar-refractivity contribution < 1.29 is 0 Å². The summed E-state index contributed by atoms with van der Waals surface area (Å²) in [4.78, 5) is 0. The molecule has 1 heterocycles. The zero-order valence-electron chi connectivity index (χ0n) is 13.8. The van der Waals surface area contributed by atoms with E-state index in [0.717, 1.165) is 0 Å². The maximum Gasteiger partial charge on any atom is 0.0547 e. The van der Waals surface area contributed by atoms with Gasteiger partial charge in [-0.15, -0.1) is 0 Å². The zero-order valence-corrected chi connectivity index (χ0v) is 13.8. The van der Waals surface area contributed by atoms with Crippen molar-refractivity contribution in [2.75, 3.05) is 0 Å². The van der Waals surface area contributed by atoms with E-state index < -0.39 is 0 Å². The molecule has 0 aliphatic heterocycles. The van der Waals surface area contributed by atoms with Crippen molar-refractivity contribution in [3.63, 3.8) is 0 Å². The second-order valence-corrected chi connectivity index (χ2v) is 6.29. The van der Waals surface area contributed by atoms with Gasteiger partial charge in [0.15, 0.2) is 0 Å². The molecule has 1 aromatic heterocycles. The molecule has 0 spiro atoms. The van der Waals surface area contributed by atoms with Gasteiger partial charge in [-0.1, -0.05) is 78.9 Å². The summed E-state index contributed by atoms with van der Waals surface area (Å²) in [6.07, 6.45) is 0. The van der Waals surface area contributed by atoms with Crippen LogP contribution in [0.5, 0.6) is 0 Å². The van der Waals surface area contributed by atoms with Gasteiger partial charge in [0, 0.05) is 16.5 Å². The van der Waals surface area contributed by atoms with Gasteiger partial charge in [0.25, 0.3) is 0 Å². The summed E-state index contributed by atoms with van der Waals surface area (Å²) < 4.78 is 2.36. The Morgan fingerprint density at radius 3 is 1.88 bits per heavy atom. The fourth-order valence-corrected chi connectivity index (χ4v) is 3.64. The third-order valence-corrected chi connectivity index (χ3v) is 4.80. The highest BCUT2D eigenvalue weighted by Crippen LogP contribution is 2.34. The Morgan fingerprint density at radius 2 is 1.08 bits per heavy atom. The molecule has 5 aromatic rings. The maximum atomic E-state index is 2.36. The first kappa shape index (κ1) is 14.1. The van der Waals surface area contributed by atoms with E-state index in [1.54, 1.807) is 0 Å². The fraction of sp³-hybridized carbons (Fsp3) is 0. The summed E-state index contributed by atoms with van der Waals surface area (Å²) in [6.45, 7) is 0. The number of rotatable bonds is 2. The standard InChI is InChI=1S/C24H17N/c1-3-9-18(10-4-1)19-15-16-22-21-13-7-8-14-23(21)25(24(22)17-19)20-11-5-2-6-12-20/h1-17H. The van der Waals surface area contributed by atoms with Crippen LogP contribution in [0.25, 0.3) is 38.6 Å². The number of benzene rings is 4. The molecule has 0 aliphatic carbocycles. The Labute approximate surface area is 146 Å². The van der Waals surface area contributed by atoms with E-state index in [9.17, 15) is 0 Å². The SMILES string of the molecule is c1ccc(-c2ccc3c4ccccc4n(-c4ccccc4)c3c2)cc1. The van der Waals surface area contributed by atoms with Gasteiger partial charge in [-0.05, 0) is 35.4 Å². The maximum absolute atomic E-state index is 2.36. The van der Waals surface area contributed by atoms with Gasteiger partial charge in [-0.25, -0.2) is 0 Å². The van der Waals surface area contributed by atoms with E-state index in [4.69, 9.17) is 0 Å². The average Bonchev–Trinajstić information content (AvgIpc) is 3.03. The molecule has 25 heavy (non-hydrogen) atoms. The predicted molar refractivity (Wildman–Crippen MR) is 106 cm³/mol. The Kier molecular flexibility index (Phi) is 3.17. The van der Waals surface area contributed by atoms with Crippen LogP contribution >= 0.6 is 0 Å². The molecule has 1 nitrogen and oxygen atoms in total. The Hall–Kier alpha value is -3.32. The van der Waals surface area contributed by atoms with E-state index >= 15 is 0 Å².